The van der Waals surface area contributed by atoms with Crippen LogP contribution in [0.4, 0.5) is 5.69 Å². The van der Waals surface area contributed by atoms with Crippen molar-refractivity contribution in [1.82, 2.24) is 10.2 Å². The van der Waals surface area contributed by atoms with Crippen molar-refractivity contribution in [1.29, 1.82) is 0 Å². The highest BCUT2D eigenvalue weighted by Crippen LogP contribution is 2.29. The Morgan fingerprint density at radius 3 is 2.67 bits per heavy atom. The van der Waals surface area contributed by atoms with E-state index in [0.717, 1.165) is 25.9 Å². The third-order valence-corrected chi connectivity index (χ3v) is 4.37. The van der Waals surface area contributed by atoms with E-state index in [1.807, 2.05) is 0 Å². The van der Waals surface area contributed by atoms with Crippen LogP contribution in [0.15, 0.2) is 18.2 Å². The number of carbonyl (C=O) groups is 1. The van der Waals surface area contributed by atoms with E-state index >= 15 is 0 Å². The van der Waals surface area contributed by atoms with E-state index in [-0.39, 0.29) is 11.3 Å². The Kier molecular flexibility index (Phi) is 4.73. The van der Waals surface area contributed by atoms with Crippen LogP contribution in [0.5, 0.6) is 5.75 Å². The van der Waals surface area contributed by atoms with Gasteiger partial charge in [0.15, 0.2) is 0 Å². The maximum Gasteiger partial charge on any atom is 0.253 e. The fraction of sp³-hybridized carbons (Fsp3) is 0.562. The van der Waals surface area contributed by atoms with Crippen molar-refractivity contribution in [2.24, 2.45) is 5.41 Å². The van der Waals surface area contributed by atoms with Gasteiger partial charge in [-0.25, -0.2) is 0 Å². The van der Waals surface area contributed by atoms with E-state index in [1.54, 1.807) is 25.3 Å². The molecule has 116 valence electrons. The first-order valence-corrected chi connectivity index (χ1v) is 7.34. The molecule has 1 aromatic rings. The summed E-state index contributed by atoms with van der Waals surface area (Å²) < 4.78 is 5.09. The number of carbonyl (C=O) groups excluding carboxylic acids is 1. The molecule has 1 aliphatic rings. The van der Waals surface area contributed by atoms with Crippen LogP contribution in [0.3, 0.4) is 0 Å². The first-order valence-electron chi connectivity index (χ1n) is 7.34. The minimum atomic E-state index is -0.115. The minimum absolute atomic E-state index is 0.115. The standard InChI is InChI=1S/C16H25N3O2/c1-16(6-8-19(2)9-7-16)11-18-15(20)13-5-4-12(21-3)10-14(13)17/h4-5,10H,6-9,11,17H2,1-3H3,(H,18,20). The molecule has 0 atom stereocenters. The number of piperidine rings is 1. The van der Waals surface area contributed by atoms with Crippen molar-refractivity contribution in [2.45, 2.75) is 19.8 Å². The molecule has 0 spiro atoms. The van der Waals surface area contributed by atoms with Gasteiger partial charge in [0.2, 0.25) is 0 Å². The second-order valence-electron chi connectivity index (χ2n) is 6.25. The van der Waals surface area contributed by atoms with E-state index < -0.39 is 0 Å². The molecule has 0 radical (unpaired) electrons. The zero-order chi connectivity index (χ0) is 15.5. The Morgan fingerprint density at radius 1 is 1.43 bits per heavy atom. The van der Waals surface area contributed by atoms with Crippen LogP contribution in [0.1, 0.15) is 30.1 Å². The van der Waals surface area contributed by atoms with E-state index in [4.69, 9.17) is 10.5 Å². The maximum absolute atomic E-state index is 12.3. The number of nitrogen functional groups attached to an aromatic ring is 1. The van der Waals surface area contributed by atoms with E-state index in [0.29, 0.717) is 23.5 Å². The lowest BCUT2D eigenvalue weighted by atomic mass is 9.80. The number of nitrogens with one attached hydrogen (secondary N) is 1. The minimum Gasteiger partial charge on any atom is -0.497 e. The number of hydrogen-bond acceptors (Lipinski definition) is 4. The van der Waals surface area contributed by atoms with Gasteiger partial charge in [0.1, 0.15) is 5.75 Å². The Hall–Kier alpha value is -1.75. The molecule has 0 saturated carbocycles. The molecule has 1 aliphatic heterocycles. The van der Waals surface area contributed by atoms with Crippen molar-refractivity contribution in [3.05, 3.63) is 23.8 Å². The summed E-state index contributed by atoms with van der Waals surface area (Å²) in [6.45, 7) is 5.08. The molecule has 5 nitrogen and oxygen atoms in total. The van der Waals surface area contributed by atoms with Crippen LogP contribution in [0.2, 0.25) is 0 Å². The van der Waals surface area contributed by atoms with E-state index in [1.165, 1.54) is 0 Å². The molecular weight excluding hydrogens is 266 g/mol. The first kappa shape index (κ1) is 15.6. The van der Waals surface area contributed by atoms with Crippen molar-refractivity contribution in [3.63, 3.8) is 0 Å². The lowest BCUT2D eigenvalue weighted by molar-refractivity contribution is 0.0892. The molecule has 21 heavy (non-hydrogen) atoms. The predicted molar refractivity (Wildman–Crippen MR) is 84.6 cm³/mol. The Labute approximate surface area is 126 Å². The van der Waals surface area contributed by atoms with Gasteiger partial charge in [0, 0.05) is 18.3 Å². The van der Waals surface area contributed by atoms with Crippen molar-refractivity contribution < 1.29 is 9.53 Å². The fourth-order valence-electron chi connectivity index (χ4n) is 2.60. The molecule has 1 amide bonds. The zero-order valence-electron chi connectivity index (χ0n) is 13.1. The van der Waals surface area contributed by atoms with Gasteiger partial charge in [-0.15, -0.1) is 0 Å². The average Bonchev–Trinajstić information content (AvgIpc) is 2.48. The summed E-state index contributed by atoms with van der Waals surface area (Å²) in [5, 5.41) is 3.02. The van der Waals surface area contributed by atoms with Crippen LogP contribution in [-0.2, 0) is 0 Å². The monoisotopic (exact) mass is 291 g/mol. The number of nitrogens with two attached hydrogens (primary N) is 1. The summed E-state index contributed by atoms with van der Waals surface area (Å²) in [7, 11) is 3.71. The molecule has 0 aliphatic carbocycles. The molecule has 1 saturated heterocycles. The van der Waals surface area contributed by atoms with Gasteiger partial charge in [-0.1, -0.05) is 6.92 Å². The van der Waals surface area contributed by atoms with Crippen LogP contribution in [0, 0.1) is 5.41 Å². The Bertz CT molecular complexity index is 508. The molecule has 2 rings (SSSR count). The number of ether oxygens (including phenoxy) is 1. The van der Waals surface area contributed by atoms with Gasteiger partial charge < -0.3 is 20.7 Å². The van der Waals surface area contributed by atoms with Gasteiger partial charge >= 0.3 is 0 Å². The molecule has 5 heteroatoms. The first-order chi connectivity index (χ1) is 9.93. The number of hydrogen-bond donors (Lipinski definition) is 2. The van der Waals surface area contributed by atoms with Gasteiger partial charge in [0.25, 0.3) is 5.91 Å². The highest BCUT2D eigenvalue weighted by molar-refractivity contribution is 5.99. The number of anilines is 1. The number of likely N-dealkylation sites (tertiary alicyclic amines) is 1. The molecule has 0 bridgehead atoms. The van der Waals surface area contributed by atoms with Gasteiger partial charge in [0.05, 0.1) is 12.7 Å². The predicted octanol–water partition coefficient (Wildman–Crippen LogP) is 1.74. The van der Waals surface area contributed by atoms with Gasteiger partial charge in [-0.3, -0.25) is 4.79 Å². The summed E-state index contributed by atoms with van der Waals surface area (Å²) in [4.78, 5) is 14.6. The molecule has 0 aromatic heterocycles. The second kappa shape index (κ2) is 6.35. The molecule has 1 heterocycles. The third kappa shape index (κ3) is 3.88. The zero-order valence-corrected chi connectivity index (χ0v) is 13.1. The van der Waals surface area contributed by atoms with Crippen LogP contribution < -0.4 is 15.8 Å². The second-order valence-corrected chi connectivity index (χ2v) is 6.25. The lowest BCUT2D eigenvalue weighted by Gasteiger charge is -2.38. The summed E-state index contributed by atoms with van der Waals surface area (Å²) in [5.74, 6) is 0.543. The Morgan fingerprint density at radius 2 is 2.10 bits per heavy atom. The van der Waals surface area contributed by atoms with Crippen molar-refractivity contribution in [2.75, 3.05) is 39.5 Å². The molecule has 1 fully saturated rings. The molecule has 0 unspecified atom stereocenters. The number of benzene rings is 1. The Balaban J connectivity index is 1.95. The molecule has 1 aromatic carbocycles. The van der Waals surface area contributed by atoms with Crippen molar-refractivity contribution in [3.8, 4) is 5.75 Å². The summed E-state index contributed by atoms with van der Waals surface area (Å²) in [6.07, 6.45) is 2.20. The van der Waals surface area contributed by atoms with Gasteiger partial charge in [-0.05, 0) is 50.5 Å². The largest absolute Gasteiger partial charge is 0.497 e. The number of amides is 1. The topological polar surface area (TPSA) is 67.6 Å². The average molecular weight is 291 g/mol. The van der Waals surface area contributed by atoms with E-state index in [2.05, 4.69) is 24.2 Å². The quantitative estimate of drug-likeness (QED) is 0.829. The van der Waals surface area contributed by atoms with Crippen LogP contribution >= 0.6 is 0 Å². The fourth-order valence-corrected chi connectivity index (χ4v) is 2.60. The lowest BCUT2D eigenvalue weighted by Crippen LogP contribution is -2.43. The summed E-state index contributed by atoms with van der Waals surface area (Å²) >= 11 is 0. The number of methoxy groups -OCH3 is 1. The summed E-state index contributed by atoms with van der Waals surface area (Å²) in [5.41, 5.74) is 7.03. The van der Waals surface area contributed by atoms with Gasteiger partial charge in [-0.2, -0.15) is 0 Å². The van der Waals surface area contributed by atoms with Crippen LogP contribution in [0.25, 0.3) is 0 Å². The maximum atomic E-state index is 12.3. The molecule has 3 N–H and O–H groups in total. The molecular formula is C16H25N3O2. The van der Waals surface area contributed by atoms with Crippen molar-refractivity contribution >= 4 is 11.6 Å². The highest BCUT2D eigenvalue weighted by atomic mass is 16.5. The number of nitrogens with zero attached hydrogens (tertiary/aromatic N) is 1. The smallest absolute Gasteiger partial charge is 0.253 e. The third-order valence-electron chi connectivity index (χ3n) is 4.37. The SMILES string of the molecule is COc1ccc(C(=O)NCC2(C)CCN(C)CC2)c(N)c1. The van der Waals surface area contributed by atoms with Crippen LogP contribution in [-0.4, -0.2) is 44.6 Å². The normalized spacial score (nSPS) is 18.2. The van der Waals surface area contributed by atoms with E-state index in [9.17, 15) is 4.79 Å². The summed E-state index contributed by atoms with van der Waals surface area (Å²) in [6, 6.07) is 5.13. The number of rotatable bonds is 4. The highest BCUT2D eigenvalue weighted by Gasteiger charge is 2.29.